The second kappa shape index (κ2) is 10.2. The van der Waals surface area contributed by atoms with Gasteiger partial charge in [0, 0.05) is 35.6 Å². The van der Waals surface area contributed by atoms with Crippen molar-refractivity contribution in [3.63, 3.8) is 0 Å². The second-order valence-electron chi connectivity index (χ2n) is 6.95. The van der Waals surface area contributed by atoms with Gasteiger partial charge in [-0.2, -0.15) is 0 Å². The quantitative estimate of drug-likeness (QED) is 0.409. The molecule has 2 aliphatic heterocycles. The van der Waals surface area contributed by atoms with Gasteiger partial charge in [-0.05, 0) is 31.5 Å². The molecule has 1 amide bonds. The van der Waals surface area contributed by atoms with E-state index in [1.165, 1.54) is 0 Å². The number of benzene rings is 1. The van der Waals surface area contributed by atoms with Gasteiger partial charge < -0.3 is 19.7 Å². The lowest BCUT2D eigenvalue weighted by molar-refractivity contribution is 0.0603. The van der Waals surface area contributed by atoms with E-state index in [1.807, 2.05) is 4.90 Å². The monoisotopic (exact) mass is 474 g/mol. The lowest BCUT2D eigenvalue weighted by Gasteiger charge is -2.31. The number of nitrogens with one attached hydrogen (secondary N) is 1. The first-order valence-corrected chi connectivity index (χ1v) is 12.4. The Morgan fingerprint density at radius 3 is 2.68 bits per heavy atom. The lowest BCUT2D eigenvalue weighted by atomic mass is 10.1. The molecule has 1 N–H and O–H groups in total. The molecule has 0 aromatic heterocycles. The van der Waals surface area contributed by atoms with Crippen LogP contribution in [0.5, 0.6) is 0 Å². The van der Waals surface area contributed by atoms with E-state index in [0.29, 0.717) is 37.5 Å². The standard InChI is InChI=1S/C19H27BrN2O5S/c20-6-8-26-9-10-27-11-12-28(24,25)18-5-1-4-16-17(18)14-22(19(16)23)15-3-2-7-21-13-15/h1,4-5,15,21H,2-3,6-14H2. The van der Waals surface area contributed by atoms with Crippen LogP contribution in [0.4, 0.5) is 0 Å². The van der Waals surface area contributed by atoms with Gasteiger partial charge in [0.2, 0.25) is 0 Å². The SMILES string of the molecule is O=C1c2cccc(S(=O)(=O)CCOCCOCCBr)c2CN1C1CCCNC1. The Hall–Kier alpha value is -1.00. The minimum Gasteiger partial charge on any atom is -0.378 e. The van der Waals surface area contributed by atoms with Crippen molar-refractivity contribution in [2.75, 3.05) is 50.6 Å². The molecule has 1 aromatic rings. The van der Waals surface area contributed by atoms with Crippen LogP contribution in [0.2, 0.25) is 0 Å². The van der Waals surface area contributed by atoms with Crippen LogP contribution < -0.4 is 5.32 Å². The highest BCUT2D eigenvalue weighted by atomic mass is 79.9. The fourth-order valence-corrected chi connectivity index (χ4v) is 5.29. The Balaban J connectivity index is 1.63. The summed E-state index contributed by atoms with van der Waals surface area (Å²) in [5, 5.41) is 4.07. The van der Waals surface area contributed by atoms with E-state index in [1.54, 1.807) is 18.2 Å². The number of nitrogens with zero attached hydrogens (tertiary/aromatic N) is 1. The number of alkyl halides is 1. The van der Waals surface area contributed by atoms with Gasteiger partial charge in [0.15, 0.2) is 9.84 Å². The first-order chi connectivity index (χ1) is 13.5. The van der Waals surface area contributed by atoms with E-state index in [-0.39, 0.29) is 29.2 Å². The molecule has 2 heterocycles. The summed E-state index contributed by atoms with van der Waals surface area (Å²) in [4.78, 5) is 14.9. The number of carbonyl (C=O) groups excluding carboxylic acids is 1. The van der Waals surface area contributed by atoms with Gasteiger partial charge in [-0.25, -0.2) is 8.42 Å². The summed E-state index contributed by atoms with van der Waals surface area (Å²) >= 11 is 3.27. The molecule has 1 atom stereocenters. The molecule has 0 radical (unpaired) electrons. The largest absolute Gasteiger partial charge is 0.378 e. The molecule has 9 heteroatoms. The van der Waals surface area contributed by atoms with Crippen LogP contribution in [0.1, 0.15) is 28.8 Å². The van der Waals surface area contributed by atoms with Crippen molar-refractivity contribution in [1.29, 1.82) is 0 Å². The highest BCUT2D eigenvalue weighted by Crippen LogP contribution is 2.31. The van der Waals surface area contributed by atoms with Crippen LogP contribution in [0.15, 0.2) is 23.1 Å². The maximum atomic E-state index is 12.9. The number of sulfone groups is 1. The molecule has 1 fully saturated rings. The van der Waals surface area contributed by atoms with Gasteiger partial charge in [-0.15, -0.1) is 0 Å². The number of fused-ring (bicyclic) bond motifs is 1. The average molecular weight is 475 g/mol. The summed E-state index contributed by atoms with van der Waals surface area (Å²) in [6.45, 7) is 3.57. The fraction of sp³-hybridized carbons (Fsp3) is 0.632. The van der Waals surface area contributed by atoms with Crippen molar-refractivity contribution < 1.29 is 22.7 Å². The first-order valence-electron chi connectivity index (χ1n) is 9.62. The maximum absolute atomic E-state index is 12.9. The summed E-state index contributed by atoms with van der Waals surface area (Å²) in [5.74, 6) is -0.179. The van der Waals surface area contributed by atoms with E-state index in [9.17, 15) is 13.2 Å². The Labute approximate surface area is 174 Å². The van der Waals surface area contributed by atoms with Crippen molar-refractivity contribution >= 4 is 31.7 Å². The number of piperidine rings is 1. The van der Waals surface area contributed by atoms with Gasteiger partial charge in [0.1, 0.15) is 0 Å². The van der Waals surface area contributed by atoms with E-state index in [0.717, 1.165) is 31.3 Å². The van der Waals surface area contributed by atoms with Crippen LogP contribution in [0.25, 0.3) is 0 Å². The molecule has 0 spiro atoms. The number of amides is 1. The molecule has 1 saturated heterocycles. The van der Waals surface area contributed by atoms with E-state index < -0.39 is 9.84 Å². The van der Waals surface area contributed by atoms with Gasteiger partial charge in [0.25, 0.3) is 5.91 Å². The van der Waals surface area contributed by atoms with Crippen LogP contribution in [-0.2, 0) is 25.9 Å². The number of carbonyl (C=O) groups is 1. The van der Waals surface area contributed by atoms with Crippen LogP contribution >= 0.6 is 15.9 Å². The minimum absolute atomic E-state index is 0.0686. The maximum Gasteiger partial charge on any atom is 0.254 e. The molecular weight excluding hydrogens is 448 g/mol. The topological polar surface area (TPSA) is 84.9 Å². The molecule has 1 aromatic carbocycles. The molecular formula is C19H27BrN2O5S. The molecule has 28 heavy (non-hydrogen) atoms. The molecule has 1 unspecified atom stereocenters. The Morgan fingerprint density at radius 1 is 1.18 bits per heavy atom. The third kappa shape index (κ3) is 5.13. The summed E-state index contributed by atoms with van der Waals surface area (Å²) in [6, 6.07) is 5.10. The smallest absolute Gasteiger partial charge is 0.254 e. The Kier molecular flexibility index (Phi) is 7.87. The summed E-state index contributed by atoms with van der Waals surface area (Å²) in [6.07, 6.45) is 1.96. The average Bonchev–Trinajstić information content (AvgIpc) is 3.04. The molecule has 0 saturated carbocycles. The molecule has 7 nitrogen and oxygen atoms in total. The van der Waals surface area contributed by atoms with Gasteiger partial charge in [-0.3, -0.25) is 4.79 Å². The highest BCUT2D eigenvalue weighted by Gasteiger charge is 2.36. The summed E-state index contributed by atoms with van der Waals surface area (Å²) < 4.78 is 36.4. The van der Waals surface area contributed by atoms with Gasteiger partial charge >= 0.3 is 0 Å². The van der Waals surface area contributed by atoms with Crippen molar-refractivity contribution in [2.24, 2.45) is 0 Å². The molecule has 3 rings (SSSR count). The number of ether oxygens (including phenoxy) is 2. The summed E-state index contributed by atoms with van der Waals surface area (Å²) in [5.41, 5.74) is 1.13. The summed E-state index contributed by atoms with van der Waals surface area (Å²) in [7, 11) is -3.53. The van der Waals surface area contributed by atoms with E-state index >= 15 is 0 Å². The van der Waals surface area contributed by atoms with Gasteiger partial charge in [-0.1, -0.05) is 22.0 Å². The number of hydrogen-bond donors (Lipinski definition) is 1. The molecule has 2 aliphatic rings. The van der Waals surface area contributed by atoms with Crippen LogP contribution in [-0.4, -0.2) is 75.9 Å². The van der Waals surface area contributed by atoms with Crippen molar-refractivity contribution in [3.05, 3.63) is 29.3 Å². The number of hydrogen-bond acceptors (Lipinski definition) is 6. The third-order valence-electron chi connectivity index (χ3n) is 5.09. The zero-order valence-electron chi connectivity index (χ0n) is 15.9. The van der Waals surface area contributed by atoms with E-state index in [2.05, 4.69) is 21.2 Å². The molecule has 0 bridgehead atoms. The normalized spacial score (nSPS) is 19.8. The van der Waals surface area contributed by atoms with Crippen molar-refractivity contribution in [2.45, 2.75) is 30.3 Å². The predicted molar refractivity (Wildman–Crippen MR) is 110 cm³/mol. The minimum atomic E-state index is -3.53. The third-order valence-corrected chi connectivity index (χ3v) is 7.17. The van der Waals surface area contributed by atoms with Crippen LogP contribution in [0, 0.1) is 0 Å². The second-order valence-corrected chi connectivity index (χ2v) is 9.82. The van der Waals surface area contributed by atoms with Gasteiger partial charge in [0.05, 0.1) is 37.1 Å². The number of rotatable bonds is 10. The number of halogens is 1. The lowest BCUT2D eigenvalue weighted by Crippen LogP contribution is -2.46. The Bertz CT molecular complexity index is 781. The van der Waals surface area contributed by atoms with Crippen molar-refractivity contribution in [3.8, 4) is 0 Å². The van der Waals surface area contributed by atoms with Crippen LogP contribution in [0.3, 0.4) is 0 Å². The van der Waals surface area contributed by atoms with E-state index in [4.69, 9.17) is 9.47 Å². The zero-order chi connectivity index (χ0) is 20.0. The zero-order valence-corrected chi connectivity index (χ0v) is 18.3. The molecule has 156 valence electrons. The highest BCUT2D eigenvalue weighted by molar-refractivity contribution is 9.09. The Morgan fingerprint density at radius 2 is 1.96 bits per heavy atom. The predicted octanol–water partition coefficient (Wildman–Crippen LogP) is 1.60. The van der Waals surface area contributed by atoms with Crippen molar-refractivity contribution in [1.82, 2.24) is 10.2 Å². The molecule has 0 aliphatic carbocycles. The first kappa shape index (κ1) is 21.7. The fourth-order valence-electron chi connectivity index (χ4n) is 3.67.